The van der Waals surface area contributed by atoms with Crippen LogP contribution in [0, 0.1) is 6.92 Å². The van der Waals surface area contributed by atoms with Gasteiger partial charge in [0.1, 0.15) is 0 Å². The van der Waals surface area contributed by atoms with E-state index < -0.39 is 0 Å². The number of hydrogen-bond acceptors (Lipinski definition) is 2. The van der Waals surface area contributed by atoms with Crippen molar-refractivity contribution in [3.63, 3.8) is 0 Å². The highest BCUT2D eigenvalue weighted by atomic mass is 16.2. The maximum atomic E-state index is 12.0. The number of amides is 1. The van der Waals surface area contributed by atoms with E-state index >= 15 is 0 Å². The third kappa shape index (κ3) is 4.04. The van der Waals surface area contributed by atoms with Gasteiger partial charge in [0.2, 0.25) is 0 Å². The average molecular weight is 294 g/mol. The zero-order valence-electron chi connectivity index (χ0n) is 13.6. The number of rotatable bonds is 3. The number of hydrazone groups is 1. The Morgan fingerprint density at radius 1 is 1.05 bits per heavy atom. The highest BCUT2D eigenvalue weighted by molar-refractivity contribution is 5.96. The Hall–Kier alpha value is -2.42. The monoisotopic (exact) mass is 294 g/mol. The van der Waals surface area contributed by atoms with Crippen LogP contribution in [-0.2, 0) is 5.41 Å². The Morgan fingerprint density at radius 3 is 2.27 bits per heavy atom. The minimum atomic E-state index is -0.194. The Morgan fingerprint density at radius 2 is 1.68 bits per heavy atom. The minimum absolute atomic E-state index is 0.134. The number of aryl methyl sites for hydroxylation is 1. The first-order valence-corrected chi connectivity index (χ1v) is 7.37. The molecule has 0 atom stereocenters. The Bertz CT molecular complexity index is 679. The first kappa shape index (κ1) is 16.0. The number of carbonyl (C=O) groups excluding carboxylic acids is 1. The standard InChI is InChI=1S/C19H22N2O/c1-14-7-5-6-8-17(14)18(22)21-20-13-15-9-11-16(12-10-15)19(2,3)4/h5-13H,1-4H3,(H,21,22)/b20-13+. The molecule has 0 radical (unpaired) electrons. The van der Waals surface area contributed by atoms with Crippen molar-refractivity contribution in [3.05, 3.63) is 70.8 Å². The number of nitrogens with zero attached hydrogens (tertiary/aromatic N) is 1. The van der Waals surface area contributed by atoms with Gasteiger partial charge in [-0.1, -0.05) is 63.2 Å². The van der Waals surface area contributed by atoms with Crippen LogP contribution in [0.1, 0.15) is 47.8 Å². The molecule has 114 valence electrons. The molecule has 22 heavy (non-hydrogen) atoms. The quantitative estimate of drug-likeness (QED) is 0.673. The highest BCUT2D eigenvalue weighted by Gasteiger charge is 2.12. The number of carbonyl (C=O) groups is 1. The van der Waals surface area contributed by atoms with Gasteiger partial charge < -0.3 is 0 Å². The average Bonchev–Trinajstić information content (AvgIpc) is 2.47. The van der Waals surface area contributed by atoms with Crippen LogP contribution in [0.3, 0.4) is 0 Å². The molecule has 3 nitrogen and oxygen atoms in total. The summed E-state index contributed by atoms with van der Waals surface area (Å²) in [6.45, 7) is 8.44. The fourth-order valence-electron chi connectivity index (χ4n) is 2.12. The second-order valence-corrected chi connectivity index (χ2v) is 6.39. The van der Waals surface area contributed by atoms with Gasteiger partial charge in [0.05, 0.1) is 6.21 Å². The molecule has 0 bridgehead atoms. The van der Waals surface area contributed by atoms with Crippen molar-refractivity contribution in [2.75, 3.05) is 0 Å². The summed E-state index contributed by atoms with van der Waals surface area (Å²) in [6, 6.07) is 15.6. The van der Waals surface area contributed by atoms with E-state index in [1.807, 2.05) is 37.3 Å². The van der Waals surface area contributed by atoms with Gasteiger partial charge in [0.25, 0.3) is 5.91 Å². The maximum absolute atomic E-state index is 12.0. The number of benzene rings is 2. The van der Waals surface area contributed by atoms with Crippen LogP contribution < -0.4 is 5.43 Å². The van der Waals surface area contributed by atoms with Gasteiger partial charge in [-0.25, -0.2) is 5.43 Å². The van der Waals surface area contributed by atoms with Crippen LogP contribution >= 0.6 is 0 Å². The van der Waals surface area contributed by atoms with Gasteiger partial charge in [-0.3, -0.25) is 4.79 Å². The van der Waals surface area contributed by atoms with Gasteiger partial charge in [0, 0.05) is 5.56 Å². The molecule has 0 unspecified atom stereocenters. The van der Waals surface area contributed by atoms with E-state index in [1.54, 1.807) is 12.3 Å². The van der Waals surface area contributed by atoms with E-state index in [0.29, 0.717) is 5.56 Å². The molecular formula is C19H22N2O. The van der Waals surface area contributed by atoms with Crippen LogP contribution in [0.15, 0.2) is 53.6 Å². The van der Waals surface area contributed by atoms with Crippen molar-refractivity contribution in [2.24, 2.45) is 5.10 Å². The Labute approximate surface area is 132 Å². The summed E-state index contributed by atoms with van der Waals surface area (Å²) in [6.07, 6.45) is 1.66. The van der Waals surface area contributed by atoms with Crippen LogP contribution in [0.4, 0.5) is 0 Å². The second-order valence-electron chi connectivity index (χ2n) is 6.39. The van der Waals surface area contributed by atoms with Crippen molar-refractivity contribution in [1.82, 2.24) is 5.43 Å². The van der Waals surface area contributed by atoms with Crippen molar-refractivity contribution in [2.45, 2.75) is 33.1 Å². The van der Waals surface area contributed by atoms with E-state index in [-0.39, 0.29) is 11.3 Å². The Balaban J connectivity index is 2.01. The fourth-order valence-corrected chi connectivity index (χ4v) is 2.12. The van der Waals surface area contributed by atoms with Crippen LogP contribution in [-0.4, -0.2) is 12.1 Å². The fraction of sp³-hybridized carbons (Fsp3) is 0.263. The minimum Gasteiger partial charge on any atom is -0.267 e. The first-order valence-electron chi connectivity index (χ1n) is 7.37. The lowest BCUT2D eigenvalue weighted by atomic mass is 9.87. The molecule has 2 aromatic rings. The summed E-state index contributed by atoms with van der Waals surface area (Å²) < 4.78 is 0. The van der Waals surface area contributed by atoms with Gasteiger partial charge in [-0.05, 0) is 35.1 Å². The topological polar surface area (TPSA) is 41.5 Å². The molecule has 1 amide bonds. The largest absolute Gasteiger partial charge is 0.271 e. The molecule has 0 aliphatic heterocycles. The van der Waals surface area contributed by atoms with Crippen molar-refractivity contribution in [1.29, 1.82) is 0 Å². The highest BCUT2D eigenvalue weighted by Crippen LogP contribution is 2.21. The third-order valence-corrected chi connectivity index (χ3v) is 3.55. The lowest BCUT2D eigenvalue weighted by Crippen LogP contribution is -2.18. The smallest absolute Gasteiger partial charge is 0.267 e. The number of nitrogens with one attached hydrogen (secondary N) is 1. The number of hydrogen-bond donors (Lipinski definition) is 1. The summed E-state index contributed by atoms with van der Waals surface area (Å²) in [5, 5.41) is 4.03. The molecule has 0 aliphatic carbocycles. The summed E-state index contributed by atoms with van der Waals surface area (Å²) in [7, 11) is 0. The molecule has 1 N–H and O–H groups in total. The van der Waals surface area contributed by atoms with Crippen LogP contribution in [0.2, 0.25) is 0 Å². The molecule has 0 saturated heterocycles. The molecule has 0 fully saturated rings. The van der Waals surface area contributed by atoms with Crippen molar-refractivity contribution in [3.8, 4) is 0 Å². The predicted octanol–water partition coefficient (Wildman–Crippen LogP) is 4.06. The molecule has 0 heterocycles. The SMILES string of the molecule is Cc1ccccc1C(=O)N/N=C/c1ccc(C(C)(C)C)cc1. The normalized spacial score (nSPS) is 11.6. The molecule has 0 aliphatic rings. The van der Waals surface area contributed by atoms with E-state index in [1.165, 1.54) is 5.56 Å². The second kappa shape index (κ2) is 6.56. The molecular weight excluding hydrogens is 272 g/mol. The van der Waals surface area contributed by atoms with Crippen molar-refractivity contribution < 1.29 is 4.79 Å². The van der Waals surface area contributed by atoms with Gasteiger partial charge in [-0.2, -0.15) is 5.10 Å². The Kier molecular flexibility index (Phi) is 4.76. The third-order valence-electron chi connectivity index (χ3n) is 3.55. The maximum Gasteiger partial charge on any atom is 0.271 e. The molecule has 2 rings (SSSR count). The predicted molar refractivity (Wildman–Crippen MR) is 91.4 cm³/mol. The zero-order valence-corrected chi connectivity index (χ0v) is 13.6. The first-order chi connectivity index (χ1) is 10.4. The van der Waals surface area contributed by atoms with Gasteiger partial charge in [0.15, 0.2) is 0 Å². The lowest BCUT2D eigenvalue weighted by molar-refractivity contribution is 0.0954. The van der Waals surface area contributed by atoms with E-state index in [4.69, 9.17) is 0 Å². The van der Waals surface area contributed by atoms with Gasteiger partial charge >= 0.3 is 0 Å². The molecule has 0 aromatic heterocycles. The summed E-state index contributed by atoms with van der Waals surface area (Å²) in [5.41, 5.74) is 6.50. The molecule has 0 spiro atoms. The molecule has 0 saturated carbocycles. The molecule has 2 aromatic carbocycles. The van der Waals surface area contributed by atoms with Crippen LogP contribution in [0.25, 0.3) is 0 Å². The molecule has 3 heteroatoms. The van der Waals surface area contributed by atoms with Crippen LogP contribution in [0.5, 0.6) is 0 Å². The van der Waals surface area contributed by atoms with E-state index in [0.717, 1.165) is 11.1 Å². The summed E-state index contributed by atoms with van der Waals surface area (Å²) in [5.74, 6) is -0.194. The summed E-state index contributed by atoms with van der Waals surface area (Å²) >= 11 is 0. The summed E-state index contributed by atoms with van der Waals surface area (Å²) in [4.78, 5) is 12.0. The van der Waals surface area contributed by atoms with E-state index in [9.17, 15) is 4.79 Å². The lowest BCUT2D eigenvalue weighted by Gasteiger charge is -2.18. The van der Waals surface area contributed by atoms with Crippen molar-refractivity contribution >= 4 is 12.1 Å². The zero-order chi connectivity index (χ0) is 16.2. The van der Waals surface area contributed by atoms with E-state index in [2.05, 4.69) is 43.4 Å². The van der Waals surface area contributed by atoms with Gasteiger partial charge in [-0.15, -0.1) is 0 Å².